The number of nitrogens with one attached hydrogen (secondary N) is 1. The van der Waals surface area contributed by atoms with E-state index in [9.17, 15) is 14.9 Å². The van der Waals surface area contributed by atoms with Gasteiger partial charge in [-0.2, -0.15) is 0 Å². The van der Waals surface area contributed by atoms with E-state index in [4.69, 9.17) is 11.5 Å². The summed E-state index contributed by atoms with van der Waals surface area (Å²) in [6.45, 7) is 1.74. The number of nitrogens with two attached hydrogens (primary N) is 2. The van der Waals surface area contributed by atoms with Gasteiger partial charge in [0.2, 0.25) is 5.91 Å². The van der Waals surface area contributed by atoms with Crippen LogP contribution in [0, 0.1) is 17.0 Å². The topological polar surface area (TPSA) is 150 Å². The average Bonchev–Trinajstić information content (AvgIpc) is 2.46. The molecule has 2 aromatic rings. The molecule has 23 heavy (non-hydrogen) atoms. The summed E-state index contributed by atoms with van der Waals surface area (Å²) in [6, 6.07) is 5.68. The molecule has 1 aromatic heterocycles. The molecule has 9 nitrogen and oxygen atoms in total. The number of hydrogen-bond acceptors (Lipinski definition) is 8. The van der Waals surface area contributed by atoms with Crippen molar-refractivity contribution in [3.8, 4) is 0 Å². The van der Waals surface area contributed by atoms with Gasteiger partial charge < -0.3 is 16.8 Å². The van der Waals surface area contributed by atoms with Gasteiger partial charge in [0.15, 0.2) is 5.16 Å². The highest BCUT2D eigenvalue weighted by Crippen LogP contribution is 2.22. The SMILES string of the molecule is Cc1ccc([N+](=O)[O-])cc1NC(=O)CSc1nc(N)cc(N)n1. The maximum absolute atomic E-state index is 12.0. The van der Waals surface area contributed by atoms with Crippen molar-refractivity contribution < 1.29 is 9.72 Å². The van der Waals surface area contributed by atoms with E-state index in [2.05, 4.69) is 15.3 Å². The molecule has 2 rings (SSSR count). The minimum atomic E-state index is -0.521. The summed E-state index contributed by atoms with van der Waals surface area (Å²) in [5.41, 5.74) is 12.1. The van der Waals surface area contributed by atoms with Crippen LogP contribution in [0.2, 0.25) is 0 Å². The van der Waals surface area contributed by atoms with E-state index in [-0.39, 0.29) is 34.1 Å². The predicted octanol–water partition coefficient (Wildman–Crippen LogP) is 1.59. The van der Waals surface area contributed by atoms with Crippen molar-refractivity contribution in [2.75, 3.05) is 22.5 Å². The van der Waals surface area contributed by atoms with Crippen molar-refractivity contribution >= 4 is 40.7 Å². The van der Waals surface area contributed by atoms with E-state index >= 15 is 0 Å². The number of nitro benzene ring substituents is 1. The Labute approximate surface area is 135 Å². The van der Waals surface area contributed by atoms with Crippen LogP contribution in [0.4, 0.5) is 23.0 Å². The highest BCUT2D eigenvalue weighted by Gasteiger charge is 2.12. The molecule has 0 atom stereocenters. The lowest BCUT2D eigenvalue weighted by molar-refractivity contribution is -0.384. The lowest BCUT2D eigenvalue weighted by atomic mass is 10.2. The number of rotatable bonds is 5. The number of aryl methyl sites for hydroxylation is 1. The monoisotopic (exact) mass is 334 g/mol. The van der Waals surface area contributed by atoms with Crippen LogP contribution in [0.15, 0.2) is 29.4 Å². The first kappa shape index (κ1) is 16.5. The molecule has 1 heterocycles. The fraction of sp³-hybridized carbons (Fsp3) is 0.154. The van der Waals surface area contributed by atoms with E-state index in [0.29, 0.717) is 5.69 Å². The number of benzene rings is 1. The number of anilines is 3. The van der Waals surface area contributed by atoms with Crippen LogP contribution >= 0.6 is 11.8 Å². The largest absolute Gasteiger partial charge is 0.383 e. The lowest BCUT2D eigenvalue weighted by Crippen LogP contribution is -2.15. The van der Waals surface area contributed by atoms with Crippen molar-refractivity contribution in [3.63, 3.8) is 0 Å². The number of aromatic nitrogens is 2. The third-order valence-corrected chi connectivity index (χ3v) is 3.63. The number of non-ortho nitro benzene ring substituents is 1. The van der Waals surface area contributed by atoms with Crippen LogP contribution in [-0.2, 0) is 4.79 Å². The van der Waals surface area contributed by atoms with Crippen molar-refractivity contribution in [2.45, 2.75) is 12.1 Å². The number of nitrogens with zero attached hydrogens (tertiary/aromatic N) is 3. The Morgan fingerprint density at radius 3 is 2.57 bits per heavy atom. The van der Waals surface area contributed by atoms with Crippen LogP contribution in [-0.4, -0.2) is 26.6 Å². The molecule has 1 amide bonds. The lowest BCUT2D eigenvalue weighted by Gasteiger charge is -2.08. The van der Waals surface area contributed by atoms with E-state index in [1.54, 1.807) is 13.0 Å². The van der Waals surface area contributed by atoms with Crippen LogP contribution in [0.3, 0.4) is 0 Å². The van der Waals surface area contributed by atoms with Gasteiger partial charge in [0.1, 0.15) is 11.6 Å². The summed E-state index contributed by atoms with van der Waals surface area (Å²) in [4.78, 5) is 30.1. The first-order chi connectivity index (χ1) is 10.8. The number of nitrogen functional groups attached to an aromatic ring is 2. The number of amides is 1. The number of carbonyl (C=O) groups excluding carboxylic acids is 1. The standard InChI is InChI=1S/C13H14N6O3S/c1-7-2-3-8(19(21)22)4-9(7)16-12(20)6-23-13-17-10(14)5-11(15)18-13/h2-5H,6H2,1H3,(H,16,20)(H4,14,15,17,18). The Balaban J connectivity index is 2.02. The van der Waals surface area contributed by atoms with Crippen molar-refractivity contribution in [2.24, 2.45) is 0 Å². The van der Waals surface area contributed by atoms with Crippen molar-refractivity contribution in [3.05, 3.63) is 39.9 Å². The van der Waals surface area contributed by atoms with E-state index < -0.39 is 4.92 Å². The minimum Gasteiger partial charge on any atom is -0.383 e. The number of carbonyl (C=O) groups is 1. The quantitative estimate of drug-likeness (QED) is 0.323. The maximum Gasteiger partial charge on any atom is 0.271 e. The third kappa shape index (κ3) is 4.54. The summed E-state index contributed by atoms with van der Waals surface area (Å²) in [5, 5.41) is 13.7. The molecule has 0 fully saturated rings. The summed E-state index contributed by atoms with van der Waals surface area (Å²) in [7, 11) is 0. The Morgan fingerprint density at radius 1 is 1.30 bits per heavy atom. The van der Waals surface area contributed by atoms with Gasteiger partial charge in [-0.3, -0.25) is 14.9 Å². The zero-order chi connectivity index (χ0) is 17.0. The molecule has 0 radical (unpaired) electrons. The Morgan fingerprint density at radius 2 is 1.96 bits per heavy atom. The van der Waals surface area contributed by atoms with Gasteiger partial charge in [0.25, 0.3) is 5.69 Å². The Hall–Kier alpha value is -2.88. The van der Waals surface area contributed by atoms with Crippen LogP contribution in [0.5, 0.6) is 0 Å². The van der Waals surface area contributed by atoms with Gasteiger partial charge in [-0.05, 0) is 12.5 Å². The first-order valence-electron chi connectivity index (χ1n) is 6.43. The number of hydrogen-bond donors (Lipinski definition) is 3. The molecule has 0 aliphatic heterocycles. The Kier molecular flexibility index (Phi) is 4.96. The highest BCUT2D eigenvalue weighted by atomic mass is 32.2. The smallest absolute Gasteiger partial charge is 0.271 e. The van der Waals surface area contributed by atoms with E-state index in [1.165, 1.54) is 18.2 Å². The fourth-order valence-electron chi connectivity index (χ4n) is 1.70. The van der Waals surface area contributed by atoms with E-state index in [1.807, 2.05) is 0 Å². The summed E-state index contributed by atoms with van der Waals surface area (Å²) in [5.74, 6) is 0.110. The molecular formula is C13H14N6O3S. The predicted molar refractivity (Wildman–Crippen MR) is 88.0 cm³/mol. The van der Waals surface area contributed by atoms with Gasteiger partial charge in [0, 0.05) is 18.2 Å². The molecule has 120 valence electrons. The summed E-state index contributed by atoms with van der Waals surface area (Å²) < 4.78 is 0. The average molecular weight is 334 g/mol. The zero-order valence-electron chi connectivity index (χ0n) is 12.1. The van der Waals surface area contributed by atoms with Crippen LogP contribution in [0.25, 0.3) is 0 Å². The van der Waals surface area contributed by atoms with Crippen molar-refractivity contribution in [1.82, 2.24) is 9.97 Å². The van der Waals surface area contributed by atoms with Crippen molar-refractivity contribution in [1.29, 1.82) is 0 Å². The molecule has 0 unspecified atom stereocenters. The van der Waals surface area contributed by atoms with Crippen LogP contribution < -0.4 is 16.8 Å². The molecule has 0 spiro atoms. The second kappa shape index (κ2) is 6.92. The molecule has 10 heteroatoms. The van der Waals surface area contributed by atoms with Gasteiger partial charge >= 0.3 is 0 Å². The molecule has 5 N–H and O–H groups in total. The molecule has 1 aromatic carbocycles. The molecule has 0 bridgehead atoms. The third-order valence-electron chi connectivity index (χ3n) is 2.78. The van der Waals surface area contributed by atoms with E-state index in [0.717, 1.165) is 17.3 Å². The number of thioether (sulfide) groups is 1. The summed E-state index contributed by atoms with van der Waals surface area (Å²) >= 11 is 1.06. The zero-order valence-corrected chi connectivity index (χ0v) is 13.0. The van der Waals surface area contributed by atoms with Gasteiger partial charge in [-0.1, -0.05) is 17.8 Å². The van der Waals surface area contributed by atoms with Gasteiger partial charge in [-0.25, -0.2) is 9.97 Å². The highest BCUT2D eigenvalue weighted by molar-refractivity contribution is 7.99. The molecule has 0 aliphatic rings. The van der Waals surface area contributed by atoms with Gasteiger partial charge in [-0.15, -0.1) is 0 Å². The fourth-order valence-corrected chi connectivity index (χ4v) is 2.37. The normalized spacial score (nSPS) is 10.3. The summed E-state index contributed by atoms with van der Waals surface area (Å²) in [6.07, 6.45) is 0. The second-order valence-corrected chi connectivity index (χ2v) is 5.54. The maximum atomic E-state index is 12.0. The second-order valence-electron chi connectivity index (χ2n) is 4.59. The molecule has 0 saturated heterocycles. The van der Waals surface area contributed by atoms with Crippen LogP contribution in [0.1, 0.15) is 5.56 Å². The Bertz CT molecular complexity index is 747. The molecule has 0 saturated carbocycles. The number of nitro groups is 1. The van der Waals surface area contributed by atoms with Gasteiger partial charge in [0.05, 0.1) is 16.4 Å². The molecule has 0 aliphatic carbocycles. The molecular weight excluding hydrogens is 320 g/mol. The first-order valence-corrected chi connectivity index (χ1v) is 7.41. The minimum absolute atomic E-state index is 0.0189.